The van der Waals surface area contributed by atoms with Crippen LogP contribution >= 0.6 is 0 Å². The van der Waals surface area contributed by atoms with Crippen LogP contribution < -0.4 is 0 Å². The lowest BCUT2D eigenvalue weighted by Crippen LogP contribution is -2.23. The molecule has 1 fully saturated rings. The Kier molecular flexibility index (Phi) is 5.01. The standard InChI is InChI=1S/C23H20F2O2/c1-15-2-4-16(5-3-15)17-6-8-18(9-7-17)20-10-11-21(23(25)22(20)24)19-12-26-14-27-13-19/h2-11,19H,12-14H2,1H3. The molecule has 4 heteroatoms. The Morgan fingerprint density at radius 2 is 1.26 bits per heavy atom. The van der Waals surface area contributed by atoms with Crippen molar-refractivity contribution < 1.29 is 18.3 Å². The summed E-state index contributed by atoms with van der Waals surface area (Å²) in [4.78, 5) is 0. The van der Waals surface area contributed by atoms with Gasteiger partial charge >= 0.3 is 0 Å². The maximum atomic E-state index is 14.7. The van der Waals surface area contributed by atoms with Crippen LogP contribution in [0.3, 0.4) is 0 Å². The van der Waals surface area contributed by atoms with Gasteiger partial charge in [0.2, 0.25) is 0 Å². The molecule has 1 saturated heterocycles. The lowest BCUT2D eigenvalue weighted by Gasteiger charge is -2.23. The number of rotatable bonds is 3. The fraction of sp³-hybridized carbons (Fsp3) is 0.217. The second kappa shape index (κ2) is 7.59. The van der Waals surface area contributed by atoms with E-state index in [1.165, 1.54) is 5.56 Å². The Morgan fingerprint density at radius 3 is 1.89 bits per heavy atom. The van der Waals surface area contributed by atoms with Gasteiger partial charge in [0.15, 0.2) is 11.6 Å². The van der Waals surface area contributed by atoms with Gasteiger partial charge in [-0.3, -0.25) is 0 Å². The molecule has 4 rings (SSSR count). The third-order valence-electron chi connectivity index (χ3n) is 4.94. The SMILES string of the molecule is Cc1ccc(-c2ccc(-c3ccc(C4COCOC4)c(F)c3F)cc2)cc1. The van der Waals surface area contributed by atoms with Crippen molar-refractivity contribution in [1.82, 2.24) is 0 Å². The van der Waals surface area contributed by atoms with Crippen molar-refractivity contribution in [2.24, 2.45) is 0 Å². The summed E-state index contributed by atoms with van der Waals surface area (Å²) < 4.78 is 39.7. The van der Waals surface area contributed by atoms with Gasteiger partial charge in [-0.1, -0.05) is 66.2 Å². The maximum Gasteiger partial charge on any atom is 0.166 e. The smallest absolute Gasteiger partial charge is 0.166 e. The van der Waals surface area contributed by atoms with Crippen LogP contribution in [0, 0.1) is 18.6 Å². The Balaban J connectivity index is 1.63. The molecule has 0 N–H and O–H groups in total. The summed E-state index contributed by atoms with van der Waals surface area (Å²) in [6.07, 6.45) is 0. The van der Waals surface area contributed by atoms with Gasteiger partial charge in [-0.05, 0) is 29.2 Å². The number of benzene rings is 3. The van der Waals surface area contributed by atoms with Crippen molar-refractivity contribution in [1.29, 1.82) is 0 Å². The van der Waals surface area contributed by atoms with E-state index in [9.17, 15) is 8.78 Å². The molecule has 3 aromatic carbocycles. The lowest BCUT2D eigenvalue weighted by atomic mass is 9.94. The summed E-state index contributed by atoms with van der Waals surface area (Å²) in [5.41, 5.74) is 4.52. The molecular weight excluding hydrogens is 346 g/mol. The highest BCUT2D eigenvalue weighted by molar-refractivity contribution is 5.71. The number of halogens is 2. The van der Waals surface area contributed by atoms with Crippen LogP contribution in [-0.4, -0.2) is 20.0 Å². The Morgan fingerprint density at radius 1 is 0.704 bits per heavy atom. The summed E-state index contributed by atoms with van der Waals surface area (Å²) in [5, 5.41) is 0. The molecule has 0 amide bonds. The van der Waals surface area contributed by atoms with Crippen LogP contribution in [0.25, 0.3) is 22.3 Å². The third-order valence-corrected chi connectivity index (χ3v) is 4.94. The first kappa shape index (κ1) is 17.8. The molecule has 0 radical (unpaired) electrons. The van der Waals surface area contributed by atoms with Crippen LogP contribution in [0.4, 0.5) is 8.78 Å². The molecule has 3 aromatic rings. The van der Waals surface area contributed by atoms with Crippen molar-refractivity contribution in [2.45, 2.75) is 12.8 Å². The molecule has 0 atom stereocenters. The monoisotopic (exact) mass is 366 g/mol. The number of ether oxygens (including phenoxy) is 2. The second-order valence-corrected chi connectivity index (χ2v) is 6.83. The highest BCUT2D eigenvalue weighted by Gasteiger charge is 2.23. The lowest BCUT2D eigenvalue weighted by molar-refractivity contribution is -0.108. The van der Waals surface area contributed by atoms with E-state index in [0.29, 0.717) is 24.3 Å². The van der Waals surface area contributed by atoms with Crippen LogP contribution in [0.1, 0.15) is 17.0 Å². The van der Waals surface area contributed by atoms with Gasteiger partial charge in [-0.25, -0.2) is 8.78 Å². The van der Waals surface area contributed by atoms with Crippen LogP contribution in [0.5, 0.6) is 0 Å². The zero-order valence-electron chi connectivity index (χ0n) is 15.0. The molecule has 0 saturated carbocycles. The molecule has 1 aliphatic rings. The summed E-state index contributed by atoms with van der Waals surface area (Å²) in [6.45, 7) is 2.91. The molecule has 1 aliphatic heterocycles. The fourth-order valence-corrected chi connectivity index (χ4v) is 3.36. The normalized spacial score (nSPS) is 15.1. The quantitative estimate of drug-likeness (QED) is 0.592. The van der Waals surface area contributed by atoms with Gasteiger partial charge in [0.05, 0.1) is 13.2 Å². The Hall–Kier alpha value is -2.56. The predicted octanol–water partition coefficient (Wildman–Crippen LogP) is 5.70. The van der Waals surface area contributed by atoms with Gasteiger partial charge in [0.25, 0.3) is 0 Å². The first-order valence-corrected chi connectivity index (χ1v) is 8.94. The van der Waals surface area contributed by atoms with E-state index in [-0.39, 0.29) is 18.3 Å². The maximum absolute atomic E-state index is 14.7. The topological polar surface area (TPSA) is 18.5 Å². The summed E-state index contributed by atoms with van der Waals surface area (Å²) in [7, 11) is 0. The van der Waals surface area contributed by atoms with E-state index in [1.807, 2.05) is 43.3 Å². The molecule has 1 heterocycles. The van der Waals surface area contributed by atoms with Crippen molar-refractivity contribution in [2.75, 3.05) is 20.0 Å². The minimum atomic E-state index is -0.832. The van der Waals surface area contributed by atoms with Crippen molar-refractivity contribution >= 4 is 0 Å². The molecular formula is C23H20F2O2. The molecule has 0 aliphatic carbocycles. The molecule has 0 aromatic heterocycles. The highest BCUT2D eigenvalue weighted by Crippen LogP contribution is 2.32. The second-order valence-electron chi connectivity index (χ2n) is 6.83. The number of hydrogen-bond acceptors (Lipinski definition) is 2. The van der Waals surface area contributed by atoms with Gasteiger partial charge in [0, 0.05) is 11.5 Å². The van der Waals surface area contributed by atoms with Crippen LogP contribution in [-0.2, 0) is 9.47 Å². The summed E-state index contributed by atoms with van der Waals surface area (Å²) in [5.74, 6) is -1.94. The molecule has 0 unspecified atom stereocenters. The summed E-state index contributed by atoms with van der Waals surface area (Å²) in [6, 6.07) is 18.9. The van der Waals surface area contributed by atoms with E-state index in [1.54, 1.807) is 12.1 Å². The zero-order valence-corrected chi connectivity index (χ0v) is 15.0. The molecule has 138 valence electrons. The van der Waals surface area contributed by atoms with Crippen molar-refractivity contribution in [3.05, 3.63) is 83.4 Å². The average molecular weight is 366 g/mol. The highest BCUT2D eigenvalue weighted by atomic mass is 19.2. The fourth-order valence-electron chi connectivity index (χ4n) is 3.36. The van der Waals surface area contributed by atoms with E-state index in [4.69, 9.17) is 9.47 Å². The first-order valence-electron chi connectivity index (χ1n) is 8.94. The van der Waals surface area contributed by atoms with Crippen molar-refractivity contribution in [3.63, 3.8) is 0 Å². The summed E-state index contributed by atoms with van der Waals surface area (Å²) >= 11 is 0. The number of aryl methyl sites for hydroxylation is 1. The molecule has 0 spiro atoms. The van der Waals surface area contributed by atoms with Gasteiger partial charge in [-0.2, -0.15) is 0 Å². The van der Waals surface area contributed by atoms with Gasteiger partial charge in [-0.15, -0.1) is 0 Å². The minimum Gasteiger partial charge on any atom is -0.355 e. The average Bonchev–Trinajstić information content (AvgIpc) is 2.71. The van der Waals surface area contributed by atoms with Crippen molar-refractivity contribution in [3.8, 4) is 22.3 Å². The molecule has 0 bridgehead atoms. The predicted molar refractivity (Wildman–Crippen MR) is 101 cm³/mol. The Bertz CT molecular complexity index is 928. The minimum absolute atomic E-state index is 0.200. The van der Waals surface area contributed by atoms with Gasteiger partial charge < -0.3 is 9.47 Å². The molecule has 27 heavy (non-hydrogen) atoms. The van der Waals surface area contributed by atoms with Crippen LogP contribution in [0.15, 0.2) is 60.7 Å². The number of hydrogen-bond donors (Lipinski definition) is 0. The van der Waals surface area contributed by atoms with E-state index < -0.39 is 11.6 Å². The van der Waals surface area contributed by atoms with Crippen LogP contribution in [0.2, 0.25) is 0 Å². The Labute approximate surface area is 157 Å². The first-order chi connectivity index (χ1) is 13.1. The largest absolute Gasteiger partial charge is 0.355 e. The van der Waals surface area contributed by atoms with E-state index in [2.05, 4.69) is 12.1 Å². The third kappa shape index (κ3) is 3.64. The van der Waals surface area contributed by atoms with Gasteiger partial charge in [0.1, 0.15) is 6.79 Å². The zero-order chi connectivity index (χ0) is 18.8. The van der Waals surface area contributed by atoms with E-state index in [0.717, 1.165) is 11.1 Å². The van der Waals surface area contributed by atoms with E-state index >= 15 is 0 Å². The molecule has 2 nitrogen and oxygen atoms in total.